The van der Waals surface area contributed by atoms with Gasteiger partial charge >= 0.3 is 0 Å². The highest BCUT2D eigenvalue weighted by molar-refractivity contribution is 5.76. The molecular formula is C13H25NO2. The van der Waals surface area contributed by atoms with Crippen molar-refractivity contribution in [3.05, 3.63) is 0 Å². The van der Waals surface area contributed by atoms with Crippen LogP contribution in [0.2, 0.25) is 0 Å². The highest BCUT2D eigenvalue weighted by atomic mass is 16.2. The smallest absolute Gasteiger partial charge is 0.220 e. The summed E-state index contributed by atoms with van der Waals surface area (Å²) in [7, 11) is 0. The Balaban J connectivity index is 2.05. The maximum atomic E-state index is 11.6. The number of aliphatic hydroxyl groups excluding tert-OH is 1. The van der Waals surface area contributed by atoms with Gasteiger partial charge in [-0.05, 0) is 32.1 Å². The summed E-state index contributed by atoms with van der Waals surface area (Å²) in [5.41, 5.74) is 0. The summed E-state index contributed by atoms with van der Waals surface area (Å²) in [6.45, 7) is 2.21. The first-order chi connectivity index (χ1) is 7.72. The number of amides is 1. The Morgan fingerprint density at radius 2 is 2.12 bits per heavy atom. The Morgan fingerprint density at radius 1 is 1.44 bits per heavy atom. The average Bonchev–Trinajstić information content (AvgIpc) is 2.76. The van der Waals surface area contributed by atoms with Gasteiger partial charge in [0.1, 0.15) is 0 Å². The molecule has 1 unspecified atom stereocenters. The van der Waals surface area contributed by atoms with E-state index in [1.807, 2.05) is 6.92 Å². The summed E-state index contributed by atoms with van der Waals surface area (Å²) >= 11 is 0. The minimum absolute atomic E-state index is 0.178. The largest absolute Gasteiger partial charge is 0.396 e. The second-order valence-electron chi connectivity index (χ2n) is 5.02. The molecule has 94 valence electrons. The van der Waals surface area contributed by atoms with Gasteiger partial charge < -0.3 is 10.4 Å². The highest BCUT2D eigenvalue weighted by Gasteiger charge is 2.16. The lowest BCUT2D eigenvalue weighted by molar-refractivity contribution is -0.122. The summed E-state index contributed by atoms with van der Waals surface area (Å²) in [4.78, 5) is 11.6. The van der Waals surface area contributed by atoms with E-state index >= 15 is 0 Å². The monoisotopic (exact) mass is 227 g/mol. The van der Waals surface area contributed by atoms with E-state index in [9.17, 15) is 4.79 Å². The summed E-state index contributed by atoms with van der Waals surface area (Å²) in [6.07, 6.45) is 8.68. The van der Waals surface area contributed by atoms with Crippen molar-refractivity contribution in [3.63, 3.8) is 0 Å². The van der Waals surface area contributed by atoms with Crippen LogP contribution < -0.4 is 5.32 Å². The zero-order valence-corrected chi connectivity index (χ0v) is 10.4. The van der Waals surface area contributed by atoms with Crippen molar-refractivity contribution in [2.75, 3.05) is 6.61 Å². The summed E-state index contributed by atoms with van der Waals surface area (Å²) < 4.78 is 0. The standard InChI is InChI=1S/C13H25NO2/c1-11(5-4-10-15)14-13(16)9-8-12-6-2-3-7-12/h11-12,15H,2-10H2,1H3,(H,14,16). The molecule has 0 saturated heterocycles. The quantitative estimate of drug-likeness (QED) is 0.700. The molecule has 0 aromatic carbocycles. The fraction of sp³-hybridized carbons (Fsp3) is 0.923. The van der Waals surface area contributed by atoms with E-state index < -0.39 is 0 Å². The molecule has 1 saturated carbocycles. The lowest BCUT2D eigenvalue weighted by atomic mass is 10.0. The molecule has 1 atom stereocenters. The molecular weight excluding hydrogens is 202 g/mol. The average molecular weight is 227 g/mol. The van der Waals surface area contributed by atoms with Gasteiger partial charge in [0, 0.05) is 19.1 Å². The van der Waals surface area contributed by atoms with Crippen LogP contribution in [0.15, 0.2) is 0 Å². The number of carbonyl (C=O) groups is 1. The van der Waals surface area contributed by atoms with Gasteiger partial charge in [-0.25, -0.2) is 0 Å². The van der Waals surface area contributed by atoms with Gasteiger partial charge in [0.2, 0.25) is 5.91 Å². The Labute approximate surface area is 98.6 Å². The predicted molar refractivity (Wildman–Crippen MR) is 65.1 cm³/mol. The molecule has 0 bridgehead atoms. The SMILES string of the molecule is CC(CCCO)NC(=O)CCC1CCCC1. The van der Waals surface area contributed by atoms with Crippen LogP contribution in [0.4, 0.5) is 0 Å². The molecule has 1 rings (SSSR count). The molecule has 0 spiro atoms. The zero-order valence-electron chi connectivity index (χ0n) is 10.4. The zero-order chi connectivity index (χ0) is 11.8. The third-order valence-electron chi connectivity index (χ3n) is 3.46. The third-order valence-corrected chi connectivity index (χ3v) is 3.46. The van der Waals surface area contributed by atoms with E-state index in [0.717, 1.165) is 25.2 Å². The molecule has 16 heavy (non-hydrogen) atoms. The second kappa shape index (κ2) is 7.66. The van der Waals surface area contributed by atoms with Crippen LogP contribution in [0.5, 0.6) is 0 Å². The number of hydrogen-bond acceptors (Lipinski definition) is 2. The maximum Gasteiger partial charge on any atom is 0.220 e. The molecule has 3 heteroatoms. The number of nitrogens with one attached hydrogen (secondary N) is 1. The van der Waals surface area contributed by atoms with E-state index in [1.54, 1.807) is 0 Å². The van der Waals surface area contributed by atoms with E-state index in [1.165, 1.54) is 25.7 Å². The van der Waals surface area contributed by atoms with Crippen LogP contribution in [0.3, 0.4) is 0 Å². The lowest BCUT2D eigenvalue weighted by Gasteiger charge is -2.14. The Morgan fingerprint density at radius 3 is 2.75 bits per heavy atom. The first-order valence-electron chi connectivity index (χ1n) is 6.62. The molecule has 0 radical (unpaired) electrons. The molecule has 0 aliphatic heterocycles. The Kier molecular flexibility index (Phi) is 6.46. The first kappa shape index (κ1) is 13.5. The first-order valence-corrected chi connectivity index (χ1v) is 6.62. The summed E-state index contributed by atoms with van der Waals surface area (Å²) in [6, 6.07) is 0.197. The van der Waals surface area contributed by atoms with Crippen molar-refractivity contribution in [3.8, 4) is 0 Å². The highest BCUT2D eigenvalue weighted by Crippen LogP contribution is 2.28. The van der Waals surface area contributed by atoms with E-state index in [-0.39, 0.29) is 18.6 Å². The fourth-order valence-electron chi connectivity index (χ4n) is 2.45. The topological polar surface area (TPSA) is 49.3 Å². The Bertz CT molecular complexity index is 200. The molecule has 1 aliphatic rings. The normalized spacial score (nSPS) is 18.6. The summed E-state index contributed by atoms with van der Waals surface area (Å²) in [5.74, 6) is 0.968. The van der Waals surface area contributed by atoms with Crippen molar-refractivity contribution in [2.45, 2.75) is 64.3 Å². The molecule has 0 aromatic heterocycles. The molecule has 1 aliphatic carbocycles. The third kappa shape index (κ3) is 5.50. The minimum Gasteiger partial charge on any atom is -0.396 e. The van der Waals surface area contributed by atoms with Gasteiger partial charge in [-0.1, -0.05) is 25.7 Å². The van der Waals surface area contributed by atoms with Crippen LogP contribution in [0.25, 0.3) is 0 Å². The van der Waals surface area contributed by atoms with E-state index in [0.29, 0.717) is 6.42 Å². The predicted octanol–water partition coefficient (Wildman–Crippen LogP) is 2.23. The number of hydrogen-bond donors (Lipinski definition) is 2. The van der Waals surface area contributed by atoms with Crippen LogP contribution in [-0.4, -0.2) is 23.7 Å². The molecule has 1 amide bonds. The summed E-state index contributed by atoms with van der Waals surface area (Å²) in [5, 5.41) is 11.7. The van der Waals surface area contributed by atoms with Crippen LogP contribution in [0, 0.1) is 5.92 Å². The van der Waals surface area contributed by atoms with E-state index in [2.05, 4.69) is 5.32 Å². The Hall–Kier alpha value is -0.570. The van der Waals surface area contributed by atoms with Gasteiger partial charge in [0.05, 0.1) is 0 Å². The molecule has 1 fully saturated rings. The van der Waals surface area contributed by atoms with E-state index in [4.69, 9.17) is 5.11 Å². The van der Waals surface area contributed by atoms with Gasteiger partial charge in [-0.2, -0.15) is 0 Å². The fourth-order valence-corrected chi connectivity index (χ4v) is 2.45. The van der Waals surface area contributed by atoms with Gasteiger partial charge in [0.25, 0.3) is 0 Å². The van der Waals surface area contributed by atoms with Crippen LogP contribution in [0.1, 0.15) is 58.3 Å². The van der Waals surface area contributed by atoms with Gasteiger partial charge in [-0.15, -0.1) is 0 Å². The molecule has 0 heterocycles. The van der Waals surface area contributed by atoms with Crippen LogP contribution >= 0.6 is 0 Å². The van der Waals surface area contributed by atoms with Gasteiger partial charge in [0.15, 0.2) is 0 Å². The van der Waals surface area contributed by atoms with Crippen molar-refractivity contribution in [1.29, 1.82) is 0 Å². The van der Waals surface area contributed by atoms with Crippen LogP contribution in [-0.2, 0) is 4.79 Å². The molecule has 3 nitrogen and oxygen atoms in total. The number of carbonyl (C=O) groups excluding carboxylic acids is 1. The maximum absolute atomic E-state index is 11.6. The van der Waals surface area contributed by atoms with Crippen molar-refractivity contribution in [1.82, 2.24) is 5.32 Å². The van der Waals surface area contributed by atoms with Gasteiger partial charge in [-0.3, -0.25) is 4.79 Å². The number of rotatable bonds is 7. The number of aliphatic hydroxyl groups is 1. The molecule has 2 N–H and O–H groups in total. The minimum atomic E-state index is 0.178. The lowest BCUT2D eigenvalue weighted by Crippen LogP contribution is -2.32. The molecule has 0 aromatic rings. The van der Waals surface area contributed by atoms with Crippen molar-refractivity contribution < 1.29 is 9.90 Å². The van der Waals surface area contributed by atoms with Crippen molar-refractivity contribution in [2.24, 2.45) is 5.92 Å². The second-order valence-corrected chi connectivity index (χ2v) is 5.02. The van der Waals surface area contributed by atoms with Crippen molar-refractivity contribution >= 4 is 5.91 Å².